The molecule has 1 atom stereocenters. The van der Waals surface area contributed by atoms with Gasteiger partial charge in [-0.1, -0.05) is 31.2 Å². The van der Waals surface area contributed by atoms with E-state index in [0.717, 1.165) is 23.1 Å². The van der Waals surface area contributed by atoms with Gasteiger partial charge in [0.05, 0.1) is 0 Å². The smallest absolute Gasteiger partial charge is 0.253 e. The normalized spacial score (nSPS) is 17.9. The van der Waals surface area contributed by atoms with Crippen LogP contribution in [0.15, 0.2) is 48.2 Å². The molecule has 1 aliphatic rings. The first-order valence-corrected chi connectivity index (χ1v) is 6.20. The lowest BCUT2D eigenvalue weighted by Crippen LogP contribution is -2.43. The quantitative estimate of drug-likeness (QED) is 0.854. The van der Waals surface area contributed by atoms with E-state index in [1.165, 1.54) is 0 Å². The number of hydrogen-bond donors (Lipinski definition) is 2. The maximum Gasteiger partial charge on any atom is 0.253 e. The van der Waals surface area contributed by atoms with Crippen molar-refractivity contribution in [3.8, 4) is 0 Å². The highest BCUT2D eigenvalue weighted by atomic mass is 16.1. The molecule has 0 saturated heterocycles. The number of amides is 1. The number of aryl methyl sites for hydroxylation is 1. The van der Waals surface area contributed by atoms with Gasteiger partial charge in [-0.15, -0.1) is 0 Å². The summed E-state index contributed by atoms with van der Waals surface area (Å²) in [6.07, 6.45) is 6.56. The second-order valence-electron chi connectivity index (χ2n) is 4.38. The molecule has 1 aliphatic heterocycles. The zero-order valence-electron chi connectivity index (χ0n) is 10.7. The van der Waals surface area contributed by atoms with Gasteiger partial charge in [-0.3, -0.25) is 4.79 Å². The number of carbonyl (C=O) groups excluding carboxylic acids is 1. The molecular weight excluding hydrogens is 224 g/mol. The number of hydrogen-bond acceptors (Lipinski definition) is 2. The van der Waals surface area contributed by atoms with Crippen molar-refractivity contribution < 1.29 is 4.79 Å². The van der Waals surface area contributed by atoms with Crippen LogP contribution in [0.3, 0.4) is 0 Å². The van der Waals surface area contributed by atoms with Crippen LogP contribution in [0.5, 0.6) is 0 Å². The monoisotopic (exact) mass is 242 g/mol. The molecule has 0 saturated carbocycles. The van der Waals surface area contributed by atoms with E-state index in [-0.39, 0.29) is 12.1 Å². The second-order valence-corrected chi connectivity index (χ2v) is 4.38. The van der Waals surface area contributed by atoms with E-state index >= 15 is 0 Å². The third kappa shape index (κ3) is 2.80. The molecule has 1 aromatic rings. The van der Waals surface area contributed by atoms with Gasteiger partial charge in [0, 0.05) is 11.8 Å². The number of carbonyl (C=O) groups is 1. The molecule has 2 N–H and O–H groups in total. The first-order chi connectivity index (χ1) is 8.70. The summed E-state index contributed by atoms with van der Waals surface area (Å²) in [5.41, 5.74) is 2.97. The van der Waals surface area contributed by atoms with Gasteiger partial charge in [-0.2, -0.15) is 0 Å². The average molecular weight is 242 g/mol. The molecule has 0 aliphatic carbocycles. The molecule has 1 amide bonds. The number of nitrogens with one attached hydrogen (secondary N) is 2. The van der Waals surface area contributed by atoms with E-state index in [9.17, 15) is 4.79 Å². The lowest BCUT2D eigenvalue weighted by atomic mass is 10.0. The van der Waals surface area contributed by atoms with E-state index in [1.54, 1.807) is 0 Å². The van der Waals surface area contributed by atoms with Crippen molar-refractivity contribution in [2.75, 3.05) is 0 Å². The molecule has 0 bridgehead atoms. The Bertz CT molecular complexity index is 503. The van der Waals surface area contributed by atoms with E-state index in [4.69, 9.17) is 0 Å². The molecular formula is C15H18N2O. The van der Waals surface area contributed by atoms with Gasteiger partial charge in [0.25, 0.3) is 5.91 Å². The van der Waals surface area contributed by atoms with Crippen LogP contribution < -0.4 is 10.6 Å². The summed E-state index contributed by atoms with van der Waals surface area (Å²) >= 11 is 0. The van der Waals surface area contributed by atoms with Gasteiger partial charge in [-0.25, -0.2) is 0 Å². The molecule has 1 aromatic carbocycles. The molecule has 94 valence electrons. The van der Waals surface area contributed by atoms with Crippen LogP contribution in [0.1, 0.15) is 29.8 Å². The fourth-order valence-corrected chi connectivity index (χ4v) is 1.93. The molecule has 0 aromatic heterocycles. The number of allylic oxidation sites excluding steroid dienone is 2. The van der Waals surface area contributed by atoms with Crippen molar-refractivity contribution in [2.24, 2.45) is 0 Å². The van der Waals surface area contributed by atoms with Gasteiger partial charge in [0.15, 0.2) is 0 Å². The van der Waals surface area contributed by atoms with E-state index in [0.29, 0.717) is 0 Å². The largest absolute Gasteiger partial charge is 0.368 e. The van der Waals surface area contributed by atoms with Crippen LogP contribution in [-0.4, -0.2) is 12.1 Å². The Balaban J connectivity index is 2.06. The molecule has 0 spiro atoms. The number of dihydropyridines is 1. The van der Waals surface area contributed by atoms with Gasteiger partial charge >= 0.3 is 0 Å². The summed E-state index contributed by atoms with van der Waals surface area (Å²) in [4.78, 5) is 12.2. The van der Waals surface area contributed by atoms with Gasteiger partial charge < -0.3 is 10.6 Å². The van der Waals surface area contributed by atoms with E-state index in [1.807, 2.05) is 49.5 Å². The van der Waals surface area contributed by atoms with Crippen LogP contribution in [0.25, 0.3) is 0 Å². The number of benzene rings is 1. The molecule has 3 nitrogen and oxygen atoms in total. The molecule has 1 heterocycles. The summed E-state index contributed by atoms with van der Waals surface area (Å²) in [5, 5.41) is 6.08. The minimum absolute atomic E-state index is 0.0393. The van der Waals surface area contributed by atoms with Gasteiger partial charge in [-0.05, 0) is 36.6 Å². The van der Waals surface area contributed by atoms with E-state index < -0.39 is 0 Å². The Morgan fingerprint density at radius 1 is 1.39 bits per heavy atom. The Morgan fingerprint density at radius 2 is 2.17 bits per heavy atom. The van der Waals surface area contributed by atoms with Crippen LogP contribution in [0.2, 0.25) is 0 Å². The zero-order chi connectivity index (χ0) is 13.0. The predicted molar refractivity (Wildman–Crippen MR) is 73.1 cm³/mol. The molecule has 0 fully saturated rings. The van der Waals surface area contributed by atoms with E-state index in [2.05, 4.69) is 17.6 Å². The molecule has 18 heavy (non-hydrogen) atoms. The molecule has 1 unspecified atom stereocenters. The van der Waals surface area contributed by atoms with Crippen molar-refractivity contribution in [3.05, 3.63) is 59.3 Å². The third-order valence-corrected chi connectivity index (χ3v) is 2.97. The minimum atomic E-state index is -0.133. The van der Waals surface area contributed by atoms with Crippen molar-refractivity contribution in [2.45, 2.75) is 26.4 Å². The van der Waals surface area contributed by atoms with Gasteiger partial charge in [0.1, 0.15) is 6.17 Å². The van der Waals surface area contributed by atoms with Crippen LogP contribution >= 0.6 is 0 Å². The summed E-state index contributed by atoms with van der Waals surface area (Å²) in [7, 11) is 0. The first-order valence-electron chi connectivity index (χ1n) is 6.20. The zero-order valence-corrected chi connectivity index (χ0v) is 10.7. The lowest BCUT2D eigenvalue weighted by molar-refractivity contribution is 0.0940. The molecule has 2 rings (SSSR count). The van der Waals surface area contributed by atoms with Crippen molar-refractivity contribution in [3.63, 3.8) is 0 Å². The van der Waals surface area contributed by atoms with Crippen LogP contribution in [0.4, 0.5) is 0 Å². The summed E-state index contributed by atoms with van der Waals surface area (Å²) < 4.78 is 0. The SMILES string of the molecule is CCc1ccccc1C(=O)NC1C=CC(C)=CN1. The van der Waals surface area contributed by atoms with Crippen molar-refractivity contribution >= 4 is 5.91 Å². The highest BCUT2D eigenvalue weighted by Crippen LogP contribution is 2.10. The standard InChI is InChI=1S/C15H18N2O/c1-3-12-6-4-5-7-13(12)15(18)17-14-9-8-11(2)10-16-14/h4-10,14,16H,3H2,1-2H3,(H,17,18). The van der Waals surface area contributed by atoms with Crippen molar-refractivity contribution in [1.29, 1.82) is 0 Å². The average Bonchev–Trinajstić information content (AvgIpc) is 2.41. The Kier molecular flexibility index (Phi) is 3.82. The Hall–Kier alpha value is -2.03. The molecule has 3 heteroatoms. The summed E-state index contributed by atoms with van der Waals surface area (Å²) in [6.45, 7) is 4.06. The fourth-order valence-electron chi connectivity index (χ4n) is 1.93. The second kappa shape index (κ2) is 5.54. The predicted octanol–water partition coefficient (Wildman–Crippen LogP) is 2.37. The lowest BCUT2D eigenvalue weighted by Gasteiger charge is -2.19. The third-order valence-electron chi connectivity index (χ3n) is 2.97. The minimum Gasteiger partial charge on any atom is -0.368 e. The highest BCUT2D eigenvalue weighted by molar-refractivity contribution is 5.96. The highest BCUT2D eigenvalue weighted by Gasteiger charge is 2.13. The van der Waals surface area contributed by atoms with Gasteiger partial charge in [0.2, 0.25) is 0 Å². The van der Waals surface area contributed by atoms with Crippen LogP contribution in [0, 0.1) is 0 Å². The fraction of sp³-hybridized carbons (Fsp3) is 0.267. The van der Waals surface area contributed by atoms with Crippen molar-refractivity contribution in [1.82, 2.24) is 10.6 Å². The maximum atomic E-state index is 12.2. The first kappa shape index (κ1) is 12.4. The summed E-state index contributed by atoms with van der Waals surface area (Å²) in [5.74, 6) is -0.0393. The Morgan fingerprint density at radius 3 is 2.83 bits per heavy atom. The molecule has 0 radical (unpaired) electrons. The number of rotatable bonds is 3. The Labute approximate surface area is 108 Å². The summed E-state index contributed by atoms with van der Waals surface area (Å²) in [6, 6.07) is 7.70. The maximum absolute atomic E-state index is 12.2. The topological polar surface area (TPSA) is 41.1 Å². The van der Waals surface area contributed by atoms with Crippen LogP contribution in [-0.2, 0) is 6.42 Å².